The lowest BCUT2D eigenvalue weighted by Crippen LogP contribution is -2.56. The molecule has 2 heterocycles. The number of fused-ring (bicyclic) bond motifs is 1. The largest absolute Gasteiger partial charge is 0.486 e. The second-order valence-corrected chi connectivity index (χ2v) is 5.70. The Bertz CT molecular complexity index is 647. The number of anilines is 1. The Morgan fingerprint density at radius 3 is 2.96 bits per heavy atom. The summed E-state index contributed by atoms with van der Waals surface area (Å²) in [4.78, 5) is 26.3. The van der Waals surface area contributed by atoms with Crippen molar-refractivity contribution in [3.63, 3.8) is 0 Å². The number of ether oxygens (including phenoxy) is 2. The topological polar surface area (TPSA) is 79.9 Å². The maximum absolute atomic E-state index is 12.3. The van der Waals surface area contributed by atoms with Crippen LogP contribution in [-0.2, 0) is 9.59 Å². The molecule has 0 aliphatic carbocycles. The molecule has 1 fully saturated rings. The molecule has 3 rings (SSSR count). The van der Waals surface area contributed by atoms with Gasteiger partial charge >= 0.3 is 0 Å². The Hall–Kier alpha value is -2.54. The average molecular weight is 331 g/mol. The van der Waals surface area contributed by atoms with Crippen molar-refractivity contribution in [3.8, 4) is 11.5 Å². The normalized spacial score (nSPS) is 20.2. The Balaban J connectivity index is 1.64. The predicted molar refractivity (Wildman–Crippen MR) is 89.2 cm³/mol. The fourth-order valence-corrected chi connectivity index (χ4v) is 2.88. The third-order valence-electron chi connectivity index (χ3n) is 4.01. The van der Waals surface area contributed by atoms with Crippen LogP contribution in [0.2, 0.25) is 0 Å². The number of piperazine rings is 1. The lowest BCUT2D eigenvalue weighted by molar-refractivity contribution is -0.132. The number of nitrogens with one attached hydrogen (secondary N) is 2. The lowest BCUT2D eigenvalue weighted by Gasteiger charge is -2.33. The van der Waals surface area contributed by atoms with Gasteiger partial charge in [-0.25, -0.2) is 0 Å². The van der Waals surface area contributed by atoms with Gasteiger partial charge < -0.3 is 20.1 Å². The van der Waals surface area contributed by atoms with E-state index >= 15 is 0 Å². The number of rotatable bonds is 5. The number of carbonyl (C=O) groups is 2. The zero-order chi connectivity index (χ0) is 16.9. The van der Waals surface area contributed by atoms with Gasteiger partial charge in [0.25, 0.3) is 0 Å². The fraction of sp³-hybridized carbons (Fsp3) is 0.412. The van der Waals surface area contributed by atoms with Gasteiger partial charge in [-0.05, 0) is 12.1 Å². The van der Waals surface area contributed by atoms with Gasteiger partial charge in [-0.1, -0.05) is 6.08 Å². The van der Waals surface area contributed by atoms with Crippen LogP contribution in [0.4, 0.5) is 5.69 Å². The van der Waals surface area contributed by atoms with Crippen LogP contribution < -0.4 is 20.1 Å². The third-order valence-corrected chi connectivity index (χ3v) is 4.01. The molecule has 0 unspecified atom stereocenters. The number of amides is 2. The molecule has 2 amide bonds. The first-order chi connectivity index (χ1) is 11.7. The third kappa shape index (κ3) is 3.68. The minimum absolute atomic E-state index is 0.0914. The van der Waals surface area contributed by atoms with E-state index in [9.17, 15) is 9.59 Å². The predicted octanol–water partition coefficient (Wildman–Crippen LogP) is 0.773. The Labute approximate surface area is 140 Å². The summed E-state index contributed by atoms with van der Waals surface area (Å²) in [6.45, 7) is 6.59. The van der Waals surface area contributed by atoms with E-state index in [-0.39, 0.29) is 18.2 Å². The lowest BCUT2D eigenvalue weighted by atomic mass is 10.1. The summed E-state index contributed by atoms with van der Waals surface area (Å²) < 4.78 is 11.0. The van der Waals surface area contributed by atoms with Crippen molar-refractivity contribution in [2.45, 2.75) is 12.5 Å². The second-order valence-electron chi connectivity index (χ2n) is 5.70. The molecule has 1 aromatic rings. The maximum Gasteiger partial charge on any atom is 0.237 e. The maximum atomic E-state index is 12.3. The molecule has 2 aliphatic heterocycles. The van der Waals surface area contributed by atoms with Crippen molar-refractivity contribution >= 4 is 17.5 Å². The summed E-state index contributed by atoms with van der Waals surface area (Å²) in [7, 11) is 0. The molecule has 0 bridgehead atoms. The molecule has 2 N–H and O–H groups in total. The second kappa shape index (κ2) is 7.35. The van der Waals surface area contributed by atoms with E-state index in [2.05, 4.69) is 17.2 Å². The van der Waals surface area contributed by atoms with E-state index in [0.29, 0.717) is 50.0 Å². The highest BCUT2D eigenvalue weighted by molar-refractivity contribution is 5.95. The fourth-order valence-electron chi connectivity index (χ4n) is 2.88. The average Bonchev–Trinajstić information content (AvgIpc) is 2.58. The molecule has 2 aliphatic rings. The van der Waals surface area contributed by atoms with Crippen LogP contribution in [0.1, 0.15) is 6.42 Å². The van der Waals surface area contributed by atoms with Gasteiger partial charge in [-0.15, -0.1) is 6.58 Å². The van der Waals surface area contributed by atoms with Gasteiger partial charge in [0.05, 0.1) is 12.5 Å². The van der Waals surface area contributed by atoms with Crippen LogP contribution in [0.3, 0.4) is 0 Å². The summed E-state index contributed by atoms with van der Waals surface area (Å²) in [6, 6.07) is 4.78. The van der Waals surface area contributed by atoms with Crippen molar-refractivity contribution < 1.29 is 19.1 Å². The molecular weight excluding hydrogens is 310 g/mol. The van der Waals surface area contributed by atoms with Crippen LogP contribution in [0.15, 0.2) is 30.9 Å². The van der Waals surface area contributed by atoms with Crippen molar-refractivity contribution in [3.05, 3.63) is 30.9 Å². The molecule has 7 heteroatoms. The first-order valence-electron chi connectivity index (χ1n) is 7.99. The van der Waals surface area contributed by atoms with Crippen molar-refractivity contribution in [1.82, 2.24) is 10.2 Å². The SMILES string of the molecule is C=CCN1CCNC(=O)[C@H]1CC(=O)Nc1ccc2c(c1)OCCO2. The number of hydrogen-bond donors (Lipinski definition) is 2. The highest BCUT2D eigenvalue weighted by atomic mass is 16.6. The molecule has 0 aromatic heterocycles. The van der Waals surface area contributed by atoms with E-state index in [0.717, 1.165) is 0 Å². The van der Waals surface area contributed by atoms with E-state index in [1.807, 2.05) is 4.90 Å². The standard InChI is InChI=1S/C17H21N3O4/c1-2-6-20-7-5-18-17(22)13(20)11-16(21)19-12-3-4-14-15(10-12)24-9-8-23-14/h2-4,10,13H,1,5-9,11H2,(H,18,22)(H,19,21)/t13-/m1/s1. The van der Waals surface area contributed by atoms with Gasteiger partial charge in [0.15, 0.2) is 11.5 Å². The van der Waals surface area contributed by atoms with Crippen LogP contribution in [0.25, 0.3) is 0 Å². The van der Waals surface area contributed by atoms with E-state index in [4.69, 9.17) is 9.47 Å². The summed E-state index contributed by atoms with van der Waals surface area (Å²) in [5.74, 6) is 0.939. The van der Waals surface area contributed by atoms with Gasteiger partial charge in [0, 0.05) is 31.4 Å². The number of hydrogen-bond acceptors (Lipinski definition) is 5. The summed E-state index contributed by atoms with van der Waals surface area (Å²) in [5, 5.41) is 5.61. The van der Waals surface area contributed by atoms with Crippen molar-refractivity contribution in [1.29, 1.82) is 0 Å². The van der Waals surface area contributed by atoms with Gasteiger partial charge in [-0.2, -0.15) is 0 Å². The quantitative estimate of drug-likeness (QED) is 0.779. The summed E-state index contributed by atoms with van der Waals surface area (Å²) in [5.41, 5.74) is 0.621. The highest BCUT2D eigenvalue weighted by Gasteiger charge is 2.30. The van der Waals surface area contributed by atoms with Crippen LogP contribution >= 0.6 is 0 Å². The molecular formula is C17H21N3O4. The highest BCUT2D eigenvalue weighted by Crippen LogP contribution is 2.32. The molecule has 0 spiro atoms. The van der Waals surface area contributed by atoms with E-state index < -0.39 is 6.04 Å². The molecule has 24 heavy (non-hydrogen) atoms. The smallest absolute Gasteiger partial charge is 0.237 e. The Kier molecular flexibility index (Phi) is 5.00. The van der Waals surface area contributed by atoms with E-state index in [1.165, 1.54) is 0 Å². The van der Waals surface area contributed by atoms with Crippen LogP contribution in [0, 0.1) is 0 Å². The van der Waals surface area contributed by atoms with Gasteiger partial charge in [-0.3, -0.25) is 14.5 Å². The van der Waals surface area contributed by atoms with Crippen LogP contribution in [0.5, 0.6) is 11.5 Å². The van der Waals surface area contributed by atoms with Gasteiger partial charge in [0.1, 0.15) is 13.2 Å². The summed E-state index contributed by atoms with van der Waals surface area (Å²) in [6.07, 6.45) is 1.83. The molecule has 1 atom stereocenters. The van der Waals surface area contributed by atoms with Gasteiger partial charge in [0.2, 0.25) is 11.8 Å². The molecule has 1 aromatic carbocycles. The summed E-state index contributed by atoms with van der Waals surface area (Å²) >= 11 is 0. The zero-order valence-corrected chi connectivity index (χ0v) is 13.4. The number of nitrogens with zero attached hydrogens (tertiary/aromatic N) is 1. The molecule has 0 saturated carbocycles. The van der Waals surface area contributed by atoms with Crippen molar-refractivity contribution in [2.24, 2.45) is 0 Å². The first kappa shape index (κ1) is 16.3. The van der Waals surface area contributed by atoms with E-state index in [1.54, 1.807) is 24.3 Å². The number of benzene rings is 1. The minimum Gasteiger partial charge on any atom is -0.486 e. The Morgan fingerprint density at radius 2 is 2.17 bits per heavy atom. The molecule has 0 radical (unpaired) electrons. The van der Waals surface area contributed by atoms with Crippen molar-refractivity contribution in [2.75, 3.05) is 38.2 Å². The zero-order valence-electron chi connectivity index (χ0n) is 13.4. The minimum atomic E-state index is -0.478. The molecule has 7 nitrogen and oxygen atoms in total. The molecule has 1 saturated heterocycles. The van der Waals surface area contributed by atoms with Crippen LogP contribution in [-0.4, -0.2) is 55.6 Å². The number of carbonyl (C=O) groups excluding carboxylic acids is 2. The Morgan fingerprint density at radius 1 is 1.38 bits per heavy atom. The monoisotopic (exact) mass is 331 g/mol. The first-order valence-corrected chi connectivity index (χ1v) is 7.99. The molecule has 128 valence electrons.